The molecule has 178 valence electrons. The maximum absolute atomic E-state index is 12.7. The lowest BCUT2D eigenvalue weighted by atomic mass is 9.92. The Hall–Kier alpha value is -3.26. The number of methoxy groups -OCH3 is 3. The number of anilines is 1. The number of hydrogen-bond donors (Lipinski definition) is 3. The van der Waals surface area contributed by atoms with E-state index in [2.05, 4.69) is 16.0 Å². The number of nitrogens with one attached hydrogen (secondary N) is 3. The van der Waals surface area contributed by atoms with Gasteiger partial charge in [-0.05, 0) is 54.5 Å². The minimum atomic E-state index is -0.404. The number of amides is 1. The first kappa shape index (κ1) is 26.0. The molecule has 0 saturated carbocycles. The maximum atomic E-state index is 12.7. The van der Waals surface area contributed by atoms with Crippen LogP contribution in [0, 0.1) is 12.3 Å². The second-order valence-corrected chi connectivity index (χ2v) is 8.92. The summed E-state index contributed by atoms with van der Waals surface area (Å²) in [6.07, 6.45) is 2.74. The molecule has 0 heterocycles. The maximum Gasteiger partial charge on any atom is 0.245 e. The average molecular weight is 472 g/mol. The first-order chi connectivity index (χ1) is 15.6. The van der Waals surface area contributed by atoms with Gasteiger partial charge in [-0.25, -0.2) is 0 Å². The van der Waals surface area contributed by atoms with Gasteiger partial charge in [0.15, 0.2) is 16.6 Å². The normalized spacial score (nSPS) is 12.1. The van der Waals surface area contributed by atoms with Crippen molar-refractivity contribution in [1.82, 2.24) is 10.6 Å². The lowest BCUT2D eigenvalue weighted by molar-refractivity contribution is -0.118. The van der Waals surface area contributed by atoms with Gasteiger partial charge in [0, 0.05) is 17.2 Å². The zero-order valence-corrected chi connectivity index (χ0v) is 21.1. The number of thiocarbonyl (C=S) groups is 1. The van der Waals surface area contributed by atoms with E-state index in [-0.39, 0.29) is 11.3 Å². The summed E-state index contributed by atoms with van der Waals surface area (Å²) >= 11 is 5.48. The van der Waals surface area contributed by atoms with E-state index in [1.165, 1.54) is 6.08 Å². The number of aryl methyl sites for hydroxylation is 1. The molecule has 1 amide bonds. The molecule has 2 rings (SSSR count). The van der Waals surface area contributed by atoms with Crippen molar-refractivity contribution >= 4 is 35.0 Å². The fourth-order valence-electron chi connectivity index (χ4n) is 3.03. The number of benzene rings is 2. The Kier molecular flexibility index (Phi) is 9.11. The molecule has 8 heteroatoms. The van der Waals surface area contributed by atoms with Crippen molar-refractivity contribution in [3.05, 3.63) is 53.6 Å². The van der Waals surface area contributed by atoms with Crippen LogP contribution in [-0.2, 0) is 4.79 Å². The number of ether oxygens (including phenoxy) is 3. The number of carbonyl (C=O) groups is 1. The van der Waals surface area contributed by atoms with Crippen molar-refractivity contribution in [2.24, 2.45) is 5.41 Å². The molecule has 0 fully saturated rings. The minimum absolute atomic E-state index is 0.269. The predicted molar refractivity (Wildman–Crippen MR) is 137 cm³/mol. The highest BCUT2D eigenvalue weighted by Crippen LogP contribution is 2.38. The van der Waals surface area contributed by atoms with Gasteiger partial charge in [0.25, 0.3) is 0 Å². The van der Waals surface area contributed by atoms with Gasteiger partial charge in [0.05, 0.1) is 21.3 Å². The molecule has 2 aromatic rings. The van der Waals surface area contributed by atoms with Crippen LogP contribution in [0.15, 0.2) is 42.5 Å². The van der Waals surface area contributed by atoms with Gasteiger partial charge < -0.3 is 30.2 Å². The van der Waals surface area contributed by atoms with Gasteiger partial charge in [-0.2, -0.15) is 0 Å². The Morgan fingerprint density at radius 2 is 1.61 bits per heavy atom. The predicted octanol–water partition coefficient (Wildman–Crippen LogP) is 4.51. The Morgan fingerprint density at radius 1 is 1.00 bits per heavy atom. The number of rotatable bonds is 8. The highest BCUT2D eigenvalue weighted by molar-refractivity contribution is 7.80. The summed E-state index contributed by atoms with van der Waals surface area (Å²) in [5.41, 5.74) is 2.42. The summed E-state index contributed by atoms with van der Waals surface area (Å²) < 4.78 is 16.1. The summed E-state index contributed by atoms with van der Waals surface area (Å²) in [5.74, 6) is 1.25. The summed E-state index contributed by atoms with van der Waals surface area (Å²) in [6, 6.07) is 11.4. The average Bonchev–Trinajstić information content (AvgIpc) is 2.77. The van der Waals surface area contributed by atoms with Crippen molar-refractivity contribution in [2.75, 3.05) is 26.6 Å². The Labute approximate surface area is 201 Å². The third-order valence-corrected chi connectivity index (χ3v) is 5.16. The molecule has 0 saturated heterocycles. The van der Waals surface area contributed by atoms with Crippen molar-refractivity contribution in [3.8, 4) is 17.2 Å². The lowest BCUT2D eigenvalue weighted by Crippen LogP contribution is -2.55. The molecule has 0 aliphatic carbocycles. The van der Waals surface area contributed by atoms with Crippen LogP contribution in [-0.4, -0.2) is 38.5 Å². The van der Waals surface area contributed by atoms with Crippen LogP contribution in [0.5, 0.6) is 17.2 Å². The Balaban J connectivity index is 2.12. The molecule has 1 unspecified atom stereocenters. The molecule has 0 aliphatic heterocycles. The third-order valence-electron chi connectivity index (χ3n) is 4.94. The molecule has 33 heavy (non-hydrogen) atoms. The molecular formula is C25H33N3O4S. The highest BCUT2D eigenvalue weighted by Gasteiger charge is 2.26. The second-order valence-electron chi connectivity index (χ2n) is 8.51. The first-order valence-corrected chi connectivity index (χ1v) is 10.9. The molecule has 0 spiro atoms. The monoisotopic (exact) mass is 471 g/mol. The van der Waals surface area contributed by atoms with E-state index in [9.17, 15) is 4.79 Å². The van der Waals surface area contributed by atoms with Gasteiger partial charge in [-0.15, -0.1) is 0 Å². The molecule has 0 bridgehead atoms. The fraction of sp³-hybridized carbons (Fsp3) is 0.360. The van der Waals surface area contributed by atoms with Gasteiger partial charge >= 0.3 is 0 Å². The fourth-order valence-corrected chi connectivity index (χ4v) is 3.26. The Morgan fingerprint density at radius 3 is 2.12 bits per heavy atom. The standard InChI is InChI=1S/C25H33N3O4S/c1-16-10-8-9-11-18(16)26-24(33)28-23(25(2,3)4)27-21(29)13-12-17-14-19(30-5)22(32-7)20(15-17)31-6/h8-15,23H,1-7H3,(H,27,29)(H2,26,28,33)/b13-12+. The number of hydrogen-bond acceptors (Lipinski definition) is 5. The second kappa shape index (κ2) is 11.6. The molecule has 0 aromatic heterocycles. The van der Waals surface area contributed by atoms with Gasteiger partial charge in [0.1, 0.15) is 6.17 Å². The minimum Gasteiger partial charge on any atom is -0.493 e. The van der Waals surface area contributed by atoms with E-state index >= 15 is 0 Å². The molecular weight excluding hydrogens is 438 g/mol. The van der Waals surface area contributed by atoms with E-state index in [0.29, 0.717) is 22.4 Å². The summed E-state index contributed by atoms with van der Waals surface area (Å²) in [6.45, 7) is 8.06. The van der Waals surface area contributed by atoms with Crippen molar-refractivity contribution in [3.63, 3.8) is 0 Å². The van der Waals surface area contributed by atoms with E-state index in [1.807, 2.05) is 52.0 Å². The van der Waals surface area contributed by atoms with E-state index in [0.717, 1.165) is 16.8 Å². The van der Waals surface area contributed by atoms with Crippen LogP contribution < -0.4 is 30.2 Å². The van der Waals surface area contributed by atoms with Crippen LogP contribution in [0.1, 0.15) is 31.9 Å². The molecule has 0 aliphatic rings. The zero-order valence-electron chi connectivity index (χ0n) is 20.2. The van der Waals surface area contributed by atoms with Crippen LogP contribution in [0.2, 0.25) is 0 Å². The van der Waals surface area contributed by atoms with Crippen molar-refractivity contribution in [2.45, 2.75) is 33.9 Å². The molecule has 1 atom stereocenters. The van der Waals surface area contributed by atoms with Crippen LogP contribution in [0.3, 0.4) is 0 Å². The van der Waals surface area contributed by atoms with E-state index < -0.39 is 6.17 Å². The van der Waals surface area contributed by atoms with Crippen molar-refractivity contribution in [1.29, 1.82) is 0 Å². The smallest absolute Gasteiger partial charge is 0.245 e. The highest BCUT2D eigenvalue weighted by atomic mass is 32.1. The van der Waals surface area contributed by atoms with Crippen LogP contribution >= 0.6 is 12.2 Å². The van der Waals surface area contributed by atoms with Gasteiger partial charge in [0.2, 0.25) is 11.7 Å². The van der Waals surface area contributed by atoms with Gasteiger partial charge in [-0.1, -0.05) is 39.0 Å². The largest absolute Gasteiger partial charge is 0.493 e. The third kappa shape index (κ3) is 7.39. The summed E-state index contributed by atoms with van der Waals surface area (Å²) in [7, 11) is 4.64. The SMILES string of the molecule is COc1cc(/C=C/C(=O)NC(NC(=S)Nc2ccccc2C)C(C)(C)C)cc(OC)c1OC. The summed E-state index contributed by atoms with van der Waals surface area (Å²) in [5, 5.41) is 9.82. The summed E-state index contributed by atoms with van der Waals surface area (Å²) in [4.78, 5) is 12.7. The van der Waals surface area contributed by atoms with Crippen molar-refractivity contribution < 1.29 is 19.0 Å². The molecule has 2 aromatic carbocycles. The Bertz CT molecular complexity index is 990. The number of carbonyl (C=O) groups excluding carboxylic acids is 1. The van der Waals surface area contributed by atoms with Gasteiger partial charge in [-0.3, -0.25) is 4.79 Å². The first-order valence-electron chi connectivity index (χ1n) is 10.5. The van der Waals surface area contributed by atoms with Crippen LogP contribution in [0.4, 0.5) is 5.69 Å². The van der Waals surface area contributed by atoms with Crippen LogP contribution in [0.25, 0.3) is 6.08 Å². The topological polar surface area (TPSA) is 80.9 Å². The van der Waals surface area contributed by atoms with E-state index in [1.54, 1.807) is 39.5 Å². The lowest BCUT2D eigenvalue weighted by Gasteiger charge is -2.33. The molecule has 0 radical (unpaired) electrons. The molecule has 7 nitrogen and oxygen atoms in total. The quantitative estimate of drug-likeness (QED) is 0.297. The molecule has 3 N–H and O–H groups in total. The number of para-hydroxylation sites is 1. The van der Waals surface area contributed by atoms with E-state index in [4.69, 9.17) is 26.4 Å². The zero-order chi connectivity index (χ0) is 24.6.